The van der Waals surface area contributed by atoms with Crippen LogP contribution < -0.4 is 15.4 Å². The molecule has 0 radical (unpaired) electrons. The van der Waals surface area contributed by atoms with Gasteiger partial charge in [-0.25, -0.2) is 4.98 Å². The first-order chi connectivity index (χ1) is 12.3. The summed E-state index contributed by atoms with van der Waals surface area (Å²) in [5, 5.41) is 6.62. The summed E-state index contributed by atoms with van der Waals surface area (Å²) in [7, 11) is 0. The van der Waals surface area contributed by atoms with Crippen LogP contribution in [0.5, 0.6) is 5.75 Å². The van der Waals surface area contributed by atoms with Crippen molar-refractivity contribution in [1.82, 2.24) is 9.97 Å². The maximum atomic E-state index is 5.45. The Morgan fingerprint density at radius 2 is 2.00 bits per heavy atom. The van der Waals surface area contributed by atoms with Crippen molar-refractivity contribution in [1.29, 1.82) is 0 Å². The van der Waals surface area contributed by atoms with Gasteiger partial charge in [-0.3, -0.25) is 0 Å². The van der Waals surface area contributed by atoms with Crippen LogP contribution >= 0.6 is 0 Å². The third-order valence-electron chi connectivity index (χ3n) is 4.21. The Bertz CT molecular complexity index is 697. The number of allylic oxidation sites excluding steroid dienone is 1. The fourth-order valence-corrected chi connectivity index (χ4v) is 2.93. The number of aromatic nitrogens is 2. The van der Waals surface area contributed by atoms with E-state index in [0.717, 1.165) is 30.2 Å². The smallest absolute Gasteiger partial charge is 0.229 e. The highest BCUT2D eigenvalue weighted by Gasteiger charge is 2.04. The predicted molar refractivity (Wildman–Crippen MR) is 103 cm³/mol. The molecule has 0 unspecified atom stereocenters. The summed E-state index contributed by atoms with van der Waals surface area (Å²) in [5.74, 6) is 2.30. The summed E-state index contributed by atoms with van der Waals surface area (Å²) in [6, 6.07) is 9.70. The molecule has 132 valence electrons. The maximum absolute atomic E-state index is 5.45. The number of rotatable bonds is 8. The first-order valence-electron chi connectivity index (χ1n) is 9.08. The highest BCUT2D eigenvalue weighted by Crippen LogP contribution is 2.21. The zero-order chi connectivity index (χ0) is 17.3. The Balaban J connectivity index is 1.52. The van der Waals surface area contributed by atoms with Crippen LogP contribution in [0.4, 0.5) is 17.5 Å². The molecular weight excluding hydrogens is 312 g/mol. The predicted octanol–water partition coefficient (Wildman–Crippen LogP) is 4.92. The van der Waals surface area contributed by atoms with Crippen molar-refractivity contribution in [2.75, 3.05) is 23.8 Å². The van der Waals surface area contributed by atoms with Crippen LogP contribution in [0.15, 0.2) is 48.2 Å². The molecule has 1 aromatic heterocycles. The van der Waals surface area contributed by atoms with E-state index >= 15 is 0 Å². The van der Waals surface area contributed by atoms with Gasteiger partial charge in [-0.15, -0.1) is 0 Å². The van der Waals surface area contributed by atoms with Crippen molar-refractivity contribution in [2.45, 2.75) is 39.0 Å². The van der Waals surface area contributed by atoms with Gasteiger partial charge in [0.25, 0.3) is 0 Å². The molecule has 0 atom stereocenters. The molecular formula is C20H26N4O. The molecule has 0 amide bonds. The van der Waals surface area contributed by atoms with E-state index in [4.69, 9.17) is 4.74 Å². The number of nitrogens with zero attached hydrogens (tertiary/aromatic N) is 2. The van der Waals surface area contributed by atoms with E-state index in [9.17, 15) is 0 Å². The van der Waals surface area contributed by atoms with Gasteiger partial charge >= 0.3 is 0 Å². The second-order valence-corrected chi connectivity index (χ2v) is 6.13. The summed E-state index contributed by atoms with van der Waals surface area (Å²) >= 11 is 0. The van der Waals surface area contributed by atoms with E-state index < -0.39 is 0 Å². The monoisotopic (exact) mass is 338 g/mol. The normalized spacial score (nSPS) is 13.9. The van der Waals surface area contributed by atoms with Crippen molar-refractivity contribution in [3.8, 4) is 5.75 Å². The van der Waals surface area contributed by atoms with Gasteiger partial charge in [0, 0.05) is 18.4 Å². The Morgan fingerprint density at radius 3 is 2.76 bits per heavy atom. The van der Waals surface area contributed by atoms with Crippen LogP contribution in [-0.2, 0) is 0 Å². The van der Waals surface area contributed by atoms with E-state index in [2.05, 4.69) is 26.7 Å². The van der Waals surface area contributed by atoms with Crippen molar-refractivity contribution < 1.29 is 4.74 Å². The van der Waals surface area contributed by atoms with E-state index in [-0.39, 0.29) is 0 Å². The van der Waals surface area contributed by atoms with Gasteiger partial charge < -0.3 is 15.4 Å². The molecule has 1 aliphatic carbocycles. The lowest BCUT2D eigenvalue weighted by atomic mass is 9.97. The lowest BCUT2D eigenvalue weighted by Crippen LogP contribution is -2.07. The van der Waals surface area contributed by atoms with Gasteiger partial charge in [0.15, 0.2) is 0 Å². The minimum atomic E-state index is 0.589. The molecule has 2 N–H and O–H groups in total. The lowest BCUT2D eigenvalue weighted by molar-refractivity contribution is 0.340. The molecule has 1 aromatic carbocycles. The van der Waals surface area contributed by atoms with Gasteiger partial charge in [0.05, 0.1) is 6.61 Å². The van der Waals surface area contributed by atoms with E-state index in [1.807, 2.05) is 37.3 Å². The molecule has 5 nitrogen and oxygen atoms in total. The molecule has 0 saturated heterocycles. The molecule has 3 rings (SSSR count). The largest absolute Gasteiger partial charge is 0.494 e. The maximum Gasteiger partial charge on any atom is 0.229 e. The van der Waals surface area contributed by atoms with Crippen molar-refractivity contribution >= 4 is 17.5 Å². The number of ether oxygens (including phenoxy) is 1. The van der Waals surface area contributed by atoms with E-state index in [0.29, 0.717) is 12.6 Å². The molecule has 1 aliphatic rings. The topological polar surface area (TPSA) is 59.1 Å². The third kappa shape index (κ3) is 5.48. The highest BCUT2D eigenvalue weighted by molar-refractivity contribution is 5.55. The summed E-state index contributed by atoms with van der Waals surface area (Å²) in [6.07, 6.45) is 10.4. The molecule has 0 fully saturated rings. The number of hydrogen-bond donors (Lipinski definition) is 2. The Labute approximate surface area is 149 Å². The van der Waals surface area contributed by atoms with Gasteiger partial charge in [-0.1, -0.05) is 11.6 Å². The van der Waals surface area contributed by atoms with Crippen molar-refractivity contribution in [3.05, 3.63) is 48.2 Å². The van der Waals surface area contributed by atoms with Crippen molar-refractivity contribution in [2.24, 2.45) is 0 Å². The van der Waals surface area contributed by atoms with Crippen LogP contribution in [0.2, 0.25) is 0 Å². The first kappa shape index (κ1) is 17.3. The molecule has 0 saturated carbocycles. The lowest BCUT2D eigenvalue weighted by Gasteiger charge is -2.13. The third-order valence-corrected chi connectivity index (χ3v) is 4.21. The zero-order valence-electron chi connectivity index (χ0n) is 14.8. The van der Waals surface area contributed by atoms with Gasteiger partial charge in [0.1, 0.15) is 11.6 Å². The molecule has 0 spiro atoms. The molecule has 2 aromatic rings. The second kappa shape index (κ2) is 9.06. The Hall–Kier alpha value is -2.56. The first-order valence-corrected chi connectivity index (χ1v) is 9.08. The van der Waals surface area contributed by atoms with Crippen LogP contribution in [0.1, 0.15) is 39.0 Å². The summed E-state index contributed by atoms with van der Waals surface area (Å²) in [6.45, 7) is 3.55. The standard InChI is InChI=1S/C20H26N4O/c1-2-25-18-10-8-17(9-11-18)23-20-22-15-13-19(24-20)21-14-12-16-6-4-3-5-7-16/h6,8-11,13,15H,2-5,7,12,14H2,1H3,(H2,21,22,23,24). The van der Waals surface area contributed by atoms with Crippen LogP contribution in [-0.4, -0.2) is 23.1 Å². The zero-order valence-corrected chi connectivity index (χ0v) is 14.8. The minimum absolute atomic E-state index is 0.589. The fourth-order valence-electron chi connectivity index (χ4n) is 2.93. The highest BCUT2D eigenvalue weighted by atomic mass is 16.5. The van der Waals surface area contributed by atoms with Crippen LogP contribution in [0, 0.1) is 0 Å². The number of hydrogen-bond acceptors (Lipinski definition) is 5. The van der Waals surface area contributed by atoms with Crippen molar-refractivity contribution in [3.63, 3.8) is 0 Å². The average molecular weight is 338 g/mol. The van der Waals surface area contributed by atoms with E-state index in [1.54, 1.807) is 11.8 Å². The van der Waals surface area contributed by atoms with Gasteiger partial charge in [-0.05, 0) is 69.4 Å². The number of nitrogens with one attached hydrogen (secondary N) is 2. The fraction of sp³-hybridized carbons (Fsp3) is 0.400. The molecule has 25 heavy (non-hydrogen) atoms. The number of anilines is 3. The Kier molecular flexibility index (Phi) is 6.26. The Morgan fingerprint density at radius 1 is 1.12 bits per heavy atom. The number of benzene rings is 1. The molecule has 5 heteroatoms. The van der Waals surface area contributed by atoms with Crippen LogP contribution in [0.3, 0.4) is 0 Å². The van der Waals surface area contributed by atoms with E-state index in [1.165, 1.54) is 25.7 Å². The SMILES string of the molecule is CCOc1ccc(Nc2nccc(NCCC3=CCCCC3)n2)cc1. The summed E-state index contributed by atoms with van der Waals surface area (Å²) < 4.78 is 5.45. The van der Waals surface area contributed by atoms with Crippen LogP contribution in [0.25, 0.3) is 0 Å². The molecule has 0 aliphatic heterocycles. The summed E-state index contributed by atoms with van der Waals surface area (Å²) in [5.41, 5.74) is 2.51. The van der Waals surface area contributed by atoms with Gasteiger partial charge in [0.2, 0.25) is 5.95 Å². The second-order valence-electron chi connectivity index (χ2n) is 6.13. The average Bonchev–Trinajstić information content (AvgIpc) is 2.65. The van der Waals surface area contributed by atoms with Gasteiger partial charge in [-0.2, -0.15) is 4.98 Å². The molecule has 0 bridgehead atoms. The quantitative estimate of drug-likeness (QED) is 0.669. The molecule has 1 heterocycles. The summed E-state index contributed by atoms with van der Waals surface area (Å²) in [4.78, 5) is 8.81. The minimum Gasteiger partial charge on any atom is -0.494 e.